The average Bonchev–Trinajstić information content (AvgIpc) is 3.21. The van der Waals surface area contributed by atoms with E-state index >= 15 is 0 Å². The van der Waals surface area contributed by atoms with Crippen LogP contribution in [0.5, 0.6) is 0 Å². The van der Waals surface area contributed by atoms with Crippen molar-refractivity contribution in [1.29, 1.82) is 0 Å². The summed E-state index contributed by atoms with van der Waals surface area (Å²) >= 11 is 0. The third-order valence-electron chi connectivity index (χ3n) is 11.8. The molecule has 0 saturated heterocycles. The van der Waals surface area contributed by atoms with Crippen molar-refractivity contribution in [1.82, 2.24) is 0 Å². The molecule has 0 radical (unpaired) electrons. The van der Waals surface area contributed by atoms with Crippen LogP contribution in [0, 0.1) is 5.92 Å². The predicted molar refractivity (Wildman–Crippen MR) is 247 cm³/mol. The van der Waals surface area contributed by atoms with Crippen molar-refractivity contribution in [2.75, 3.05) is 13.2 Å². The topological polar surface area (TPSA) is 78.9 Å². The molecule has 1 atom stereocenters. The summed E-state index contributed by atoms with van der Waals surface area (Å²) in [6, 6.07) is 0. The van der Waals surface area contributed by atoms with E-state index in [9.17, 15) is 14.4 Å². The molecule has 0 heterocycles. The van der Waals surface area contributed by atoms with E-state index in [4.69, 9.17) is 14.2 Å². The molecule has 0 bridgehead atoms. The van der Waals surface area contributed by atoms with Gasteiger partial charge in [-0.1, -0.05) is 252 Å². The fourth-order valence-electron chi connectivity index (χ4n) is 7.86. The number of carbonyl (C=O) groups is 3. The van der Waals surface area contributed by atoms with Crippen LogP contribution in [0.15, 0.2) is 0 Å². The lowest BCUT2D eigenvalue weighted by Gasteiger charge is -2.18. The standard InChI is InChI=1S/C52H100O6/c1-5-7-9-11-13-15-16-17-18-19-20-21-22-23-24-28-31-35-39-43-50(53)56-46-49(58-52(55)45-41-37-33-26-14-12-10-8-6-2)47-57-51(54)44-40-36-32-29-25-27-30-34-38-42-48(3)4/h48-49H,5-47H2,1-4H3/t49-/m0/s1. The lowest BCUT2D eigenvalue weighted by Crippen LogP contribution is -2.30. The van der Waals surface area contributed by atoms with Gasteiger partial charge >= 0.3 is 17.9 Å². The Morgan fingerprint density at radius 3 is 0.845 bits per heavy atom. The molecule has 0 N–H and O–H groups in total. The van der Waals surface area contributed by atoms with Gasteiger partial charge in [0.2, 0.25) is 0 Å². The maximum absolute atomic E-state index is 12.7. The maximum atomic E-state index is 12.7. The van der Waals surface area contributed by atoms with Crippen LogP contribution in [0.3, 0.4) is 0 Å². The molecule has 0 amide bonds. The van der Waals surface area contributed by atoms with Crippen LogP contribution in [0.1, 0.15) is 291 Å². The molecule has 58 heavy (non-hydrogen) atoms. The number of unbranched alkanes of at least 4 members (excludes halogenated alkanes) is 34. The highest BCUT2D eigenvalue weighted by Gasteiger charge is 2.19. The van der Waals surface area contributed by atoms with Gasteiger partial charge in [0.25, 0.3) is 0 Å². The first kappa shape index (κ1) is 56.4. The van der Waals surface area contributed by atoms with Gasteiger partial charge in [-0.05, 0) is 25.2 Å². The molecule has 0 aromatic carbocycles. The Kier molecular flexibility index (Phi) is 45.2. The van der Waals surface area contributed by atoms with E-state index in [1.165, 1.54) is 186 Å². The molecule has 0 aliphatic rings. The molecule has 0 fully saturated rings. The van der Waals surface area contributed by atoms with Gasteiger partial charge in [0, 0.05) is 19.3 Å². The van der Waals surface area contributed by atoms with Gasteiger partial charge in [-0.2, -0.15) is 0 Å². The fourth-order valence-corrected chi connectivity index (χ4v) is 7.86. The summed E-state index contributed by atoms with van der Waals surface area (Å²) in [5, 5.41) is 0. The average molecular weight is 821 g/mol. The van der Waals surface area contributed by atoms with Crippen LogP contribution in [-0.4, -0.2) is 37.2 Å². The summed E-state index contributed by atoms with van der Waals surface area (Å²) in [7, 11) is 0. The first-order valence-electron chi connectivity index (χ1n) is 25.9. The Morgan fingerprint density at radius 2 is 0.569 bits per heavy atom. The van der Waals surface area contributed by atoms with Crippen molar-refractivity contribution < 1.29 is 28.6 Å². The minimum Gasteiger partial charge on any atom is -0.462 e. The largest absolute Gasteiger partial charge is 0.462 e. The zero-order valence-electron chi connectivity index (χ0n) is 39.5. The molecule has 0 aliphatic heterocycles. The van der Waals surface area contributed by atoms with E-state index in [-0.39, 0.29) is 31.1 Å². The van der Waals surface area contributed by atoms with Gasteiger partial charge < -0.3 is 14.2 Å². The van der Waals surface area contributed by atoms with Crippen LogP contribution in [0.2, 0.25) is 0 Å². The molecule has 6 nitrogen and oxygen atoms in total. The van der Waals surface area contributed by atoms with E-state index in [1.807, 2.05) is 0 Å². The highest BCUT2D eigenvalue weighted by Crippen LogP contribution is 2.17. The van der Waals surface area contributed by atoms with Gasteiger partial charge in [-0.3, -0.25) is 14.4 Å². The second-order valence-corrected chi connectivity index (χ2v) is 18.3. The number of carbonyl (C=O) groups excluding carboxylic acids is 3. The summed E-state index contributed by atoms with van der Waals surface area (Å²) in [5.41, 5.74) is 0. The normalized spacial score (nSPS) is 11.9. The summed E-state index contributed by atoms with van der Waals surface area (Å²) < 4.78 is 16.8. The SMILES string of the molecule is CCCCCCCCCCCCCCCCCCCCCC(=O)OC[C@@H](COC(=O)CCCCCCCCCCCC(C)C)OC(=O)CCCCCCCCCCC. The fraction of sp³-hybridized carbons (Fsp3) is 0.942. The van der Waals surface area contributed by atoms with Crippen LogP contribution in [0.4, 0.5) is 0 Å². The number of hydrogen-bond acceptors (Lipinski definition) is 6. The number of esters is 3. The van der Waals surface area contributed by atoms with Gasteiger partial charge in [0.15, 0.2) is 6.10 Å². The molecular weight excluding hydrogens is 721 g/mol. The van der Waals surface area contributed by atoms with E-state index in [1.54, 1.807) is 0 Å². The van der Waals surface area contributed by atoms with Gasteiger partial charge in [-0.15, -0.1) is 0 Å². The highest BCUT2D eigenvalue weighted by atomic mass is 16.6. The number of rotatable bonds is 47. The molecule has 0 aromatic heterocycles. The second kappa shape index (κ2) is 46.5. The zero-order chi connectivity index (χ0) is 42.4. The van der Waals surface area contributed by atoms with Gasteiger partial charge in [0.05, 0.1) is 0 Å². The quantitative estimate of drug-likeness (QED) is 0.0346. The maximum Gasteiger partial charge on any atom is 0.306 e. The van der Waals surface area contributed by atoms with Crippen molar-refractivity contribution >= 4 is 17.9 Å². The summed E-state index contributed by atoms with van der Waals surface area (Å²) in [5.74, 6) is -0.0410. The van der Waals surface area contributed by atoms with E-state index in [2.05, 4.69) is 27.7 Å². The Balaban J connectivity index is 4.19. The molecule has 0 spiro atoms. The van der Waals surface area contributed by atoms with Crippen molar-refractivity contribution in [2.45, 2.75) is 297 Å². The van der Waals surface area contributed by atoms with Crippen LogP contribution in [0.25, 0.3) is 0 Å². The van der Waals surface area contributed by atoms with Crippen molar-refractivity contribution in [3.05, 3.63) is 0 Å². The summed E-state index contributed by atoms with van der Waals surface area (Å²) in [6.07, 6.45) is 48.1. The Hall–Kier alpha value is -1.59. The Labute approximate surface area is 361 Å². The van der Waals surface area contributed by atoms with E-state index < -0.39 is 6.10 Å². The van der Waals surface area contributed by atoms with Crippen molar-refractivity contribution in [3.8, 4) is 0 Å². The van der Waals surface area contributed by atoms with Crippen molar-refractivity contribution in [3.63, 3.8) is 0 Å². The summed E-state index contributed by atoms with van der Waals surface area (Å²) in [6.45, 7) is 8.99. The third kappa shape index (κ3) is 45.5. The molecule has 0 aromatic rings. The summed E-state index contributed by atoms with van der Waals surface area (Å²) in [4.78, 5) is 37.8. The van der Waals surface area contributed by atoms with Crippen LogP contribution >= 0.6 is 0 Å². The van der Waals surface area contributed by atoms with Gasteiger partial charge in [0.1, 0.15) is 13.2 Å². The monoisotopic (exact) mass is 821 g/mol. The van der Waals surface area contributed by atoms with Crippen LogP contribution < -0.4 is 0 Å². The smallest absolute Gasteiger partial charge is 0.306 e. The first-order valence-corrected chi connectivity index (χ1v) is 25.9. The second-order valence-electron chi connectivity index (χ2n) is 18.3. The van der Waals surface area contributed by atoms with Gasteiger partial charge in [-0.25, -0.2) is 0 Å². The molecule has 0 unspecified atom stereocenters. The van der Waals surface area contributed by atoms with E-state index in [0.717, 1.165) is 63.7 Å². The molecule has 0 aliphatic carbocycles. The lowest BCUT2D eigenvalue weighted by molar-refractivity contribution is -0.167. The number of ether oxygens (including phenoxy) is 3. The molecule has 344 valence electrons. The molecular formula is C52H100O6. The predicted octanol–water partition coefficient (Wildman–Crippen LogP) is 16.7. The molecule has 6 heteroatoms. The molecule has 0 saturated carbocycles. The Morgan fingerprint density at radius 1 is 0.328 bits per heavy atom. The highest BCUT2D eigenvalue weighted by molar-refractivity contribution is 5.71. The zero-order valence-corrected chi connectivity index (χ0v) is 39.5. The minimum atomic E-state index is -0.760. The third-order valence-corrected chi connectivity index (χ3v) is 11.8. The number of hydrogen-bond donors (Lipinski definition) is 0. The van der Waals surface area contributed by atoms with Crippen molar-refractivity contribution in [2.24, 2.45) is 5.92 Å². The van der Waals surface area contributed by atoms with Crippen LogP contribution in [-0.2, 0) is 28.6 Å². The van der Waals surface area contributed by atoms with E-state index in [0.29, 0.717) is 19.3 Å². The Bertz CT molecular complexity index is 872. The lowest BCUT2D eigenvalue weighted by atomic mass is 10.0. The first-order chi connectivity index (χ1) is 28.4. The minimum absolute atomic E-state index is 0.0633. The molecule has 0 rings (SSSR count).